The topological polar surface area (TPSA) is 104 Å². The summed E-state index contributed by atoms with van der Waals surface area (Å²) in [7, 11) is 0. The number of carbonyl (C=O) groups excluding carboxylic acids is 2. The first kappa shape index (κ1) is 21.2. The first-order valence-electron chi connectivity index (χ1n) is 9.39. The van der Waals surface area contributed by atoms with E-state index >= 15 is 0 Å². The molecule has 0 radical (unpaired) electrons. The molecule has 0 unspecified atom stereocenters. The first-order valence-corrected chi connectivity index (χ1v) is 10.3. The predicted octanol–water partition coefficient (Wildman–Crippen LogP) is 4.46. The molecule has 10 heteroatoms. The monoisotopic (exact) mass is 453 g/mol. The van der Waals surface area contributed by atoms with E-state index in [1.807, 2.05) is 0 Å². The quantitative estimate of drug-likeness (QED) is 0.393. The zero-order chi connectivity index (χ0) is 22.3. The van der Waals surface area contributed by atoms with Gasteiger partial charge in [-0.15, -0.1) is 11.3 Å². The third kappa shape index (κ3) is 5.55. The lowest BCUT2D eigenvalue weighted by atomic mass is 10.2. The number of ether oxygens (including phenoxy) is 2. The van der Waals surface area contributed by atoms with Crippen LogP contribution in [0.3, 0.4) is 0 Å². The third-order valence-corrected chi connectivity index (χ3v) is 4.99. The Kier molecular flexibility index (Phi) is 6.52. The van der Waals surface area contributed by atoms with E-state index in [1.165, 1.54) is 41.7 Å². The number of amides is 1. The highest BCUT2D eigenvalue weighted by Crippen LogP contribution is 2.16. The SMILES string of the molecule is O=C(OCc1nc(COc2ccc(F)cc2)no1)c1cccc(NC(=O)c2cccs2)c1. The molecule has 0 saturated heterocycles. The van der Waals surface area contributed by atoms with Crippen LogP contribution in [0.25, 0.3) is 0 Å². The van der Waals surface area contributed by atoms with E-state index in [9.17, 15) is 14.0 Å². The average Bonchev–Trinajstić information content (AvgIpc) is 3.50. The van der Waals surface area contributed by atoms with E-state index in [-0.39, 0.29) is 42.2 Å². The molecular formula is C22H16FN3O5S. The Bertz CT molecular complexity index is 1210. The van der Waals surface area contributed by atoms with Crippen molar-refractivity contribution in [2.24, 2.45) is 0 Å². The summed E-state index contributed by atoms with van der Waals surface area (Å²) in [4.78, 5) is 29.2. The van der Waals surface area contributed by atoms with Crippen molar-refractivity contribution in [3.8, 4) is 5.75 Å². The molecule has 0 bridgehead atoms. The molecule has 0 aliphatic rings. The van der Waals surface area contributed by atoms with Gasteiger partial charge < -0.3 is 19.3 Å². The lowest BCUT2D eigenvalue weighted by Crippen LogP contribution is -2.11. The summed E-state index contributed by atoms with van der Waals surface area (Å²) < 4.78 is 28.6. The van der Waals surface area contributed by atoms with Crippen molar-refractivity contribution in [1.82, 2.24) is 10.1 Å². The van der Waals surface area contributed by atoms with Crippen LogP contribution in [0, 0.1) is 5.82 Å². The van der Waals surface area contributed by atoms with Gasteiger partial charge in [0.15, 0.2) is 13.2 Å². The van der Waals surface area contributed by atoms with Crippen molar-refractivity contribution in [1.29, 1.82) is 0 Å². The number of carbonyl (C=O) groups is 2. The molecule has 1 amide bonds. The number of hydrogen-bond donors (Lipinski definition) is 1. The van der Waals surface area contributed by atoms with Crippen molar-refractivity contribution < 1.29 is 28.0 Å². The smallest absolute Gasteiger partial charge is 0.338 e. The average molecular weight is 453 g/mol. The van der Waals surface area contributed by atoms with Gasteiger partial charge in [-0.05, 0) is 53.9 Å². The third-order valence-electron chi connectivity index (χ3n) is 4.12. The number of anilines is 1. The van der Waals surface area contributed by atoms with Gasteiger partial charge in [0.25, 0.3) is 11.8 Å². The molecule has 162 valence electrons. The van der Waals surface area contributed by atoms with Crippen molar-refractivity contribution in [3.63, 3.8) is 0 Å². The van der Waals surface area contributed by atoms with Crippen LogP contribution in [0.2, 0.25) is 0 Å². The van der Waals surface area contributed by atoms with Crippen LogP contribution < -0.4 is 10.1 Å². The molecule has 0 fully saturated rings. The number of nitrogens with zero attached hydrogens (tertiary/aromatic N) is 2. The van der Waals surface area contributed by atoms with Gasteiger partial charge in [0.05, 0.1) is 10.4 Å². The van der Waals surface area contributed by atoms with Gasteiger partial charge in [-0.3, -0.25) is 4.79 Å². The molecule has 1 N–H and O–H groups in total. The number of rotatable bonds is 8. The minimum atomic E-state index is -0.612. The summed E-state index contributed by atoms with van der Waals surface area (Å²) in [5.74, 6) is -0.435. The maximum Gasteiger partial charge on any atom is 0.338 e. The van der Waals surface area contributed by atoms with Crippen molar-refractivity contribution in [2.75, 3.05) is 5.32 Å². The minimum absolute atomic E-state index is 0.00899. The maximum absolute atomic E-state index is 12.9. The summed E-state index contributed by atoms with van der Waals surface area (Å²) in [6.45, 7) is -0.219. The molecule has 0 aliphatic heterocycles. The molecule has 4 aromatic rings. The molecular weight excluding hydrogens is 437 g/mol. The van der Waals surface area contributed by atoms with Gasteiger partial charge in [0.2, 0.25) is 5.82 Å². The Morgan fingerprint density at radius 3 is 2.69 bits per heavy atom. The molecule has 2 aromatic heterocycles. The zero-order valence-corrected chi connectivity index (χ0v) is 17.3. The van der Waals surface area contributed by atoms with Gasteiger partial charge >= 0.3 is 5.97 Å². The van der Waals surface area contributed by atoms with E-state index in [0.29, 0.717) is 16.3 Å². The summed E-state index contributed by atoms with van der Waals surface area (Å²) in [5, 5.41) is 8.29. The van der Waals surface area contributed by atoms with Crippen LogP contribution in [-0.2, 0) is 18.0 Å². The Balaban J connectivity index is 1.29. The molecule has 8 nitrogen and oxygen atoms in total. The molecule has 32 heavy (non-hydrogen) atoms. The zero-order valence-electron chi connectivity index (χ0n) is 16.5. The summed E-state index contributed by atoms with van der Waals surface area (Å²) in [5.41, 5.74) is 0.726. The highest BCUT2D eigenvalue weighted by atomic mass is 32.1. The van der Waals surface area contributed by atoms with Crippen molar-refractivity contribution >= 4 is 28.9 Å². The molecule has 0 atom stereocenters. The molecule has 2 heterocycles. The number of thiophene rings is 1. The van der Waals surface area contributed by atoms with Crippen LogP contribution in [0.15, 0.2) is 70.6 Å². The molecule has 0 spiro atoms. The number of nitrogens with one attached hydrogen (secondary N) is 1. The lowest BCUT2D eigenvalue weighted by Gasteiger charge is -2.06. The van der Waals surface area contributed by atoms with Crippen LogP contribution in [0.1, 0.15) is 31.7 Å². The summed E-state index contributed by atoms with van der Waals surface area (Å²) >= 11 is 1.32. The Labute approximate surface area is 185 Å². The fourth-order valence-corrected chi connectivity index (χ4v) is 3.24. The largest absolute Gasteiger partial charge is 0.485 e. The Morgan fingerprint density at radius 1 is 1.06 bits per heavy atom. The van der Waals surface area contributed by atoms with E-state index < -0.39 is 5.97 Å². The van der Waals surface area contributed by atoms with E-state index in [0.717, 1.165) is 0 Å². The standard InChI is InChI=1S/C22H16FN3O5S/c23-15-6-8-17(9-7-15)29-12-19-25-20(31-26-19)13-30-22(28)14-3-1-4-16(11-14)24-21(27)18-5-2-10-32-18/h1-11H,12-13H2,(H,24,27). The fourth-order valence-electron chi connectivity index (χ4n) is 2.62. The first-order chi connectivity index (χ1) is 15.6. The van der Waals surface area contributed by atoms with Crippen molar-refractivity contribution in [2.45, 2.75) is 13.2 Å². The molecule has 0 aliphatic carbocycles. The minimum Gasteiger partial charge on any atom is -0.485 e. The van der Waals surface area contributed by atoms with E-state index in [4.69, 9.17) is 14.0 Å². The second-order valence-corrected chi connectivity index (χ2v) is 7.38. The van der Waals surface area contributed by atoms with E-state index in [2.05, 4.69) is 15.5 Å². The Hall–Kier alpha value is -4.05. The number of benzene rings is 2. The fraction of sp³-hybridized carbons (Fsp3) is 0.0909. The highest BCUT2D eigenvalue weighted by Gasteiger charge is 2.14. The van der Waals surface area contributed by atoms with Gasteiger partial charge in [-0.2, -0.15) is 4.98 Å². The maximum atomic E-state index is 12.9. The lowest BCUT2D eigenvalue weighted by molar-refractivity contribution is 0.0429. The van der Waals surface area contributed by atoms with Crippen molar-refractivity contribution in [3.05, 3.63) is 94.0 Å². The predicted molar refractivity (Wildman–Crippen MR) is 113 cm³/mol. The Morgan fingerprint density at radius 2 is 1.91 bits per heavy atom. The van der Waals surface area contributed by atoms with Gasteiger partial charge in [0, 0.05) is 5.69 Å². The number of aromatic nitrogens is 2. The van der Waals surface area contributed by atoms with Crippen LogP contribution in [0.5, 0.6) is 5.75 Å². The normalized spacial score (nSPS) is 10.5. The summed E-state index contributed by atoms with van der Waals surface area (Å²) in [6, 6.07) is 15.4. The van der Waals surface area contributed by atoms with Gasteiger partial charge in [-0.1, -0.05) is 17.3 Å². The second kappa shape index (κ2) is 9.84. The summed E-state index contributed by atoms with van der Waals surface area (Å²) in [6.07, 6.45) is 0. The number of halogens is 1. The van der Waals surface area contributed by atoms with E-state index in [1.54, 1.807) is 35.7 Å². The van der Waals surface area contributed by atoms with Crippen LogP contribution in [-0.4, -0.2) is 22.0 Å². The number of hydrogen-bond acceptors (Lipinski definition) is 8. The molecule has 4 rings (SSSR count). The van der Waals surface area contributed by atoms with Crippen LogP contribution in [0.4, 0.5) is 10.1 Å². The van der Waals surface area contributed by atoms with Gasteiger partial charge in [-0.25, -0.2) is 9.18 Å². The molecule has 2 aromatic carbocycles. The van der Waals surface area contributed by atoms with Crippen LogP contribution >= 0.6 is 11.3 Å². The van der Waals surface area contributed by atoms with Gasteiger partial charge in [0.1, 0.15) is 11.6 Å². The number of esters is 1. The highest BCUT2D eigenvalue weighted by molar-refractivity contribution is 7.12. The second-order valence-electron chi connectivity index (χ2n) is 6.44. The molecule has 0 saturated carbocycles.